The SMILES string of the molecule is COCc1nc2nccc(-c3ccc(OC[C@@H](C)CC(C)(C)NC(=O)O)c(C(F)(F)F)c3)c2[nH]1. The minimum Gasteiger partial charge on any atom is -0.493 e. The van der Waals surface area contributed by atoms with E-state index in [9.17, 15) is 18.0 Å². The Morgan fingerprint density at radius 3 is 2.65 bits per heavy atom. The predicted octanol–water partition coefficient (Wildman–Crippen LogP) is 5.24. The number of fused-ring (bicyclic) bond motifs is 1. The van der Waals surface area contributed by atoms with Crippen LogP contribution in [0.4, 0.5) is 18.0 Å². The highest BCUT2D eigenvalue weighted by molar-refractivity contribution is 5.90. The first-order valence-corrected chi connectivity index (χ1v) is 10.6. The van der Waals surface area contributed by atoms with E-state index < -0.39 is 23.4 Å². The fourth-order valence-corrected chi connectivity index (χ4v) is 3.95. The molecule has 2 aromatic heterocycles. The van der Waals surface area contributed by atoms with Crippen LogP contribution in [0.3, 0.4) is 0 Å². The van der Waals surface area contributed by atoms with E-state index >= 15 is 0 Å². The van der Waals surface area contributed by atoms with Crippen LogP contribution in [0.2, 0.25) is 0 Å². The van der Waals surface area contributed by atoms with Gasteiger partial charge in [-0.25, -0.2) is 14.8 Å². The predicted molar refractivity (Wildman–Crippen MR) is 120 cm³/mol. The minimum absolute atomic E-state index is 0.00636. The van der Waals surface area contributed by atoms with Crippen LogP contribution in [0, 0.1) is 5.92 Å². The number of aromatic nitrogens is 3. The number of nitrogens with one attached hydrogen (secondary N) is 2. The standard InChI is InChI=1S/C23H27F3N4O4/c1-13(10-22(2,3)30-21(31)32)11-34-17-6-5-14(9-16(17)23(24,25)26)15-7-8-27-20-19(15)28-18(29-20)12-33-4/h5-9,13,30H,10-12H2,1-4H3,(H,31,32)(H,27,28,29)/t13-/m0/s1. The molecule has 0 bridgehead atoms. The van der Waals surface area contributed by atoms with Crippen molar-refractivity contribution in [3.05, 3.63) is 41.9 Å². The van der Waals surface area contributed by atoms with Crippen molar-refractivity contribution in [2.75, 3.05) is 13.7 Å². The maximum Gasteiger partial charge on any atom is 0.419 e. The van der Waals surface area contributed by atoms with Gasteiger partial charge < -0.3 is 24.9 Å². The lowest BCUT2D eigenvalue weighted by Crippen LogP contribution is -2.44. The van der Waals surface area contributed by atoms with Gasteiger partial charge in [-0.2, -0.15) is 13.2 Å². The Balaban J connectivity index is 1.87. The van der Waals surface area contributed by atoms with E-state index in [0.717, 1.165) is 6.07 Å². The number of hydrogen-bond acceptors (Lipinski definition) is 5. The molecular weight excluding hydrogens is 453 g/mol. The largest absolute Gasteiger partial charge is 0.493 e. The van der Waals surface area contributed by atoms with Gasteiger partial charge in [-0.15, -0.1) is 0 Å². The van der Waals surface area contributed by atoms with Crippen molar-refractivity contribution in [2.24, 2.45) is 5.92 Å². The monoisotopic (exact) mass is 480 g/mol. The van der Waals surface area contributed by atoms with Crippen LogP contribution in [0.15, 0.2) is 30.5 Å². The Hall–Kier alpha value is -3.34. The van der Waals surface area contributed by atoms with E-state index in [1.165, 1.54) is 19.4 Å². The smallest absolute Gasteiger partial charge is 0.419 e. The van der Waals surface area contributed by atoms with Gasteiger partial charge in [-0.3, -0.25) is 0 Å². The number of imidazole rings is 1. The molecule has 0 saturated carbocycles. The Morgan fingerprint density at radius 2 is 2.00 bits per heavy atom. The van der Waals surface area contributed by atoms with Gasteiger partial charge in [0, 0.05) is 24.4 Å². The topological polar surface area (TPSA) is 109 Å². The van der Waals surface area contributed by atoms with Gasteiger partial charge in [0.2, 0.25) is 0 Å². The van der Waals surface area contributed by atoms with Crippen molar-refractivity contribution in [2.45, 2.75) is 45.5 Å². The first-order chi connectivity index (χ1) is 15.9. The van der Waals surface area contributed by atoms with E-state index in [-0.39, 0.29) is 24.9 Å². The number of H-pyrrole nitrogens is 1. The number of benzene rings is 1. The summed E-state index contributed by atoms with van der Waals surface area (Å²) in [5, 5.41) is 11.3. The maximum absolute atomic E-state index is 13.9. The molecule has 1 atom stereocenters. The minimum atomic E-state index is -4.64. The number of methoxy groups -OCH3 is 1. The first-order valence-electron chi connectivity index (χ1n) is 10.6. The number of nitrogens with zero attached hydrogens (tertiary/aromatic N) is 2. The summed E-state index contributed by atoms with van der Waals surface area (Å²) < 4.78 is 52.3. The molecule has 0 saturated heterocycles. The van der Waals surface area contributed by atoms with E-state index in [1.54, 1.807) is 32.9 Å². The number of carboxylic acid groups (broad SMARTS) is 1. The molecule has 3 rings (SSSR count). The number of aromatic amines is 1. The van der Waals surface area contributed by atoms with Crippen LogP contribution in [0.5, 0.6) is 5.75 Å². The number of halogens is 3. The van der Waals surface area contributed by atoms with Crippen molar-refractivity contribution in [3.8, 4) is 16.9 Å². The van der Waals surface area contributed by atoms with Crippen molar-refractivity contribution < 1.29 is 32.5 Å². The summed E-state index contributed by atoms with van der Waals surface area (Å²) in [6, 6.07) is 5.51. The summed E-state index contributed by atoms with van der Waals surface area (Å²) in [6.07, 6.45) is -3.93. The lowest BCUT2D eigenvalue weighted by atomic mass is 9.92. The number of ether oxygens (including phenoxy) is 2. The van der Waals surface area contributed by atoms with Crippen LogP contribution in [-0.2, 0) is 17.5 Å². The summed E-state index contributed by atoms with van der Waals surface area (Å²) in [7, 11) is 1.51. The van der Waals surface area contributed by atoms with Gasteiger partial charge in [0.25, 0.3) is 0 Å². The molecule has 3 aromatic rings. The fraction of sp³-hybridized carbons (Fsp3) is 0.435. The third kappa shape index (κ3) is 6.16. The Bertz CT molecular complexity index is 1160. The van der Waals surface area contributed by atoms with Crippen molar-refractivity contribution in [1.82, 2.24) is 20.3 Å². The van der Waals surface area contributed by atoms with Gasteiger partial charge in [0.05, 0.1) is 17.7 Å². The highest BCUT2D eigenvalue weighted by Gasteiger charge is 2.35. The molecule has 1 aromatic carbocycles. The molecule has 0 aliphatic rings. The highest BCUT2D eigenvalue weighted by atomic mass is 19.4. The second-order valence-corrected chi connectivity index (χ2v) is 8.82. The number of amides is 1. The van der Waals surface area contributed by atoms with Crippen molar-refractivity contribution in [1.29, 1.82) is 0 Å². The molecule has 11 heteroatoms. The third-order valence-corrected chi connectivity index (χ3v) is 5.15. The molecule has 2 heterocycles. The second kappa shape index (κ2) is 9.88. The number of hydrogen-bond donors (Lipinski definition) is 3. The van der Waals surface area contributed by atoms with Gasteiger partial charge in [-0.05, 0) is 49.9 Å². The average molecular weight is 480 g/mol. The van der Waals surface area contributed by atoms with E-state index in [2.05, 4.69) is 20.3 Å². The number of rotatable bonds is 9. The molecule has 0 aliphatic carbocycles. The molecule has 34 heavy (non-hydrogen) atoms. The van der Waals surface area contributed by atoms with Crippen LogP contribution in [0.1, 0.15) is 38.6 Å². The Labute approximate surface area is 194 Å². The van der Waals surface area contributed by atoms with E-state index in [4.69, 9.17) is 14.6 Å². The first kappa shape index (κ1) is 25.3. The molecular formula is C23H27F3N4O4. The zero-order chi connectivity index (χ0) is 25.1. The maximum atomic E-state index is 13.9. The summed E-state index contributed by atoms with van der Waals surface area (Å²) in [4.78, 5) is 22.4. The highest BCUT2D eigenvalue weighted by Crippen LogP contribution is 2.40. The Morgan fingerprint density at radius 1 is 1.26 bits per heavy atom. The Kier molecular flexibility index (Phi) is 7.35. The summed E-state index contributed by atoms with van der Waals surface area (Å²) in [5.74, 6) is 0.0245. The number of pyridine rings is 1. The molecule has 1 amide bonds. The molecule has 0 radical (unpaired) electrons. The summed E-state index contributed by atoms with van der Waals surface area (Å²) in [6.45, 7) is 5.41. The van der Waals surface area contributed by atoms with E-state index in [1.807, 2.05) is 0 Å². The molecule has 0 aliphatic heterocycles. The third-order valence-electron chi connectivity index (χ3n) is 5.15. The lowest BCUT2D eigenvalue weighted by molar-refractivity contribution is -0.139. The number of alkyl halides is 3. The van der Waals surface area contributed by atoms with Crippen LogP contribution >= 0.6 is 0 Å². The van der Waals surface area contributed by atoms with Gasteiger partial charge in [0.1, 0.15) is 18.2 Å². The molecule has 0 unspecified atom stereocenters. The lowest BCUT2D eigenvalue weighted by Gasteiger charge is -2.28. The van der Waals surface area contributed by atoms with Crippen LogP contribution in [0.25, 0.3) is 22.3 Å². The molecule has 3 N–H and O–H groups in total. The number of carbonyl (C=O) groups is 1. The van der Waals surface area contributed by atoms with Crippen molar-refractivity contribution >= 4 is 17.3 Å². The fourth-order valence-electron chi connectivity index (χ4n) is 3.95. The van der Waals surface area contributed by atoms with Crippen LogP contribution in [-0.4, -0.2) is 45.4 Å². The zero-order valence-electron chi connectivity index (χ0n) is 19.3. The average Bonchev–Trinajstić information content (AvgIpc) is 3.13. The molecule has 0 spiro atoms. The van der Waals surface area contributed by atoms with Crippen LogP contribution < -0.4 is 10.1 Å². The molecule has 0 fully saturated rings. The molecule has 8 nitrogen and oxygen atoms in total. The van der Waals surface area contributed by atoms with Gasteiger partial charge >= 0.3 is 12.3 Å². The summed E-state index contributed by atoms with van der Waals surface area (Å²) >= 11 is 0. The normalized spacial score (nSPS) is 13.1. The van der Waals surface area contributed by atoms with Gasteiger partial charge in [0.15, 0.2) is 5.65 Å². The quantitative estimate of drug-likeness (QED) is 0.386. The van der Waals surface area contributed by atoms with E-state index in [0.29, 0.717) is 34.5 Å². The van der Waals surface area contributed by atoms with Gasteiger partial charge in [-0.1, -0.05) is 13.0 Å². The molecule has 184 valence electrons. The zero-order valence-corrected chi connectivity index (χ0v) is 19.3. The van der Waals surface area contributed by atoms with Crippen molar-refractivity contribution in [3.63, 3.8) is 0 Å². The second-order valence-electron chi connectivity index (χ2n) is 8.82. The summed E-state index contributed by atoms with van der Waals surface area (Å²) in [5.41, 5.74) is 0.0973.